The highest BCUT2D eigenvalue weighted by Crippen LogP contribution is 2.18. The van der Waals surface area contributed by atoms with Gasteiger partial charge in [0.1, 0.15) is 5.75 Å². The molecule has 4 heteroatoms. The van der Waals surface area contributed by atoms with Crippen LogP contribution in [0, 0.1) is 11.3 Å². The molecular formula is C16H23N3O. The highest BCUT2D eigenvalue weighted by Gasteiger charge is 2.20. The lowest BCUT2D eigenvalue weighted by atomic mass is 10.1. The van der Waals surface area contributed by atoms with Crippen molar-refractivity contribution in [2.75, 3.05) is 39.8 Å². The van der Waals surface area contributed by atoms with Crippen LogP contribution in [0.3, 0.4) is 0 Å². The average molecular weight is 273 g/mol. The summed E-state index contributed by atoms with van der Waals surface area (Å²) in [4.78, 5) is 4.71. The van der Waals surface area contributed by atoms with E-state index in [1.165, 1.54) is 5.56 Å². The summed E-state index contributed by atoms with van der Waals surface area (Å²) in [7, 11) is 1.72. The summed E-state index contributed by atoms with van der Waals surface area (Å²) in [6, 6.07) is 10.6. The van der Waals surface area contributed by atoms with Crippen LogP contribution in [0.25, 0.3) is 0 Å². The maximum atomic E-state index is 8.94. The van der Waals surface area contributed by atoms with E-state index in [2.05, 4.69) is 28.0 Å². The normalized spacial score (nSPS) is 18.4. The predicted octanol–water partition coefficient (Wildman–Crippen LogP) is 1.77. The summed E-state index contributed by atoms with van der Waals surface area (Å²) >= 11 is 0. The van der Waals surface area contributed by atoms with Crippen LogP contribution in [-0.2, 0) is 6.42 Å². The van der Waals surface area contributed by atoms with Gasteiger partial charge in [-0.3, -0.25) is 4.90 Å². The average Bonchev–Trinajstić information content (AvgIpc) is 2.53. The van der Waals surface area contributed by atoms with Gasteiger partial charge in [0.25, 0.3) is 0 Å². The minimum absolute atomic E-state index is 0.0337. The molecule has 4 nitrogen and oxygen atoms in total. The Morgan fingerprint density at radius 1 is 1.25 bits per heavy atom. The number of hydrogen-bond donors (Lipinski definition) is 0. The third-order valence-electron chi connectivity index (χ3n) is 4.03. The number of methoxy groups -OCH3 is 1. The number of rotatable bonds is 5. The molecule has 108 valence electrons. The zero-order chi connectivity index (χ0) is 14.4. The van der Waals surface area contributed by atoms with Gasteiger partial charge in [-0.05, 0) is 25.0 Å². The second-order valence-electron chi connectivity index (χ2n) is 5.24. The Kier molecular flexibility index (Phi) is 5.40. The quantitative estimate of drug-likeness (QED) is 0.819. The molecule has 1 atom stereocenters. The maximum absolute atomic E-state index is 8.94. The summed E-state index contributed by atoms with van der Waals surface area (Å²) in [5.74, 6) is 0.976. The minimum Gasteiger partial charge on any atom is -0.496 e. The molecule has 1 aliphatic heterocycles. The SMILES string of the molecule is COc1ccccc1CCN1CCN(C(C)C#N)CC1. The monoisotopic (exact) mass is 273 g/mol. The molecule has 1 saturated heterocycles. The Balaban J connectivity index is 1.80. The lowest BCUT2D eigenvalue weighted by molar-refractivity contribution is 0.120. The van der Waals surface area contributed by atoms with E-state index in [9.17, 15) is 0 Å². The summed E-state index contributed by atoms with van der Waals surface area (Å²) in [5.41, 5.74) is 1.27. The first-order valence-corrected chi connectivity index (χ1v) is 7.22. The largest absolute Gasteiger partial charge is 0.496 e. The third-order valence-corrected chi connectivity index (χ3v) is 4.03. The second-order valence-corrected chi connectivity index (χ2v) is 5.24. The molecule has 0 bridgehead atoms. The standard InChI is InChI=1S/C16H23N3O/c1-14(13-17)19-11-9-18(10-12-19)8-7-15-5-3-4-6-16(15)20-2/h3-6,14H,7-12H2,1-2H3. The van der Waals surface area contributed by atoms with Gasteiger partial charge in [0.2, 0.25) is 0 Å². The highest BCUT2D eigenvalue weighted by atomic mass is 16.5. The number of hydrogen-bond acceptors (Lipinski definition) is 4. The topological polar surface area (TPSA) is 39.5 Å². The molecule has 0 radical (unpaired) electrons. The summed E-state index contributed by atoms with van der Waals surface area (Å²) in [5, 5.41) is 8.94. The first-order valence-electron chi connectivity index (χ1n) is 7.22. The Labute approximate surface area is 121 Å². The smallest absolute Gasteiger partial charge is 0.122 e. The molecule has 0 amide bonds. The van der Waals surface area contributed by atoms with Crippen molar-refractivity contribution >= 4 is 0 Å². The molecule has 1 heterocycles. The van der Waals surface area contributed by atoms with Gasteiger partial charge in [-0.25, -0.2) is 0 Å². The van der Waals surface area contributed by atoms with Gasteiger partial charge < -0.3 is 9.64 Å². The molecule has 1 unspecified atom stereocenters. The van der Waals surface area contributed by atoms with Gasteiger partial charge >= 0.3 is 0 Å². The molecule has 1 aromatic rings. The van der Waals surface area contributed by atoms with Crippen molar-refractivity contribution in [2.45, 2.75) is 19.4 Å². The molecule has 1 aliphatic rings. The molecule has 1 fully saturated rings. The number of ether oxygens (including phenoxy) is 1. The Morgan fingerprint density at radius 2 is 1.95 bits per heavy atom. The molecular weight excluding hydrogens is 250 g/mol. The fraction of sp³-hybridized carbons (Fsp3) is 0.562. The van der Waals surface area contributed by atoms with Crippen molar-refractivity contribution in [3.8, 4) is 11.8 Å². The van der Waals surface area contributed by atoms with Crippen molar-refractivity contribution < 1.29 is 4.74 Å². The molecule has 1 aromatic carbocycles. The van der Waals surface area contributed by atoms with Gasteiger partial charge in [-0.1, -0.05) is 18.2 Å². The van der Waals surface area contributed by atoms with Crippen molar-refractivity contribution in [1.29, 1.82) is 5.26 Å². The van der Waals surface area contributed by atoms with Crippen LogP contribution in [0.1, 0.15) is 12.5 Å². The number of piperazine rings is 1. The predicted molar refractivity (Wildman–Crippen MR) is 79.8 cm³/mol. The number of para-hydroxylation sites is 1. The van der Waals surface area contributed by atoms with Crippen LogP contribution >= 0.6 is 0 Å². The fourth-order valence-corrected chi connectivity index (χ4v) is 2.64. The molecule has 0 spiro atoms. The van der Waals surface area contributed by atoms with Crippen LogP contribution in [0.5, 0.6) is 5.75 Å². The van der Waals surface area contributed by atoms with E-state index in [0.717, 1.165) is 44.9 Å². The highest BCUT2D eigenvalue weighted by molar-refractivity contribution is 5.33. The lowest BCUT2D eigenvalue weighted by Crippen LogP contribution is -2.49. The molecule has 0 N–H and O–H groups in total. The Morgan fingerprint density at radius 3 is 2.60 bits per heavy atom. The van der Waals surface area contributed by atoms with Crippen LogP contribution in [-0.4, -0.2) is 55.7 Å². The zero-order valence-electron chi connectivity index (χ0n) is 12.4. The van der Waals surface area contributed by atoms with Crippen molar-refractivity contribution in [3.05, 3.63) is 29.8 Å². The molecule has 20 heavy (non-hydrogen) atoms. The molecule has 0 aliphatic carbocycles. The van der Waals surface area contributed by atoms with E-state index in [0.29, 0.717) is 0 Å². The molecule has 2 rings (SSSR count). The van der Waals surface area contributed by atoms with E-state index in [-0.39, 0.29) is 6.04 Å². The van der Waals surface area contributed by atoms with Gasteiger partial charge in [0.05, 0.1) is 19.2 Å². The van der Waals surface area contributed by atoms with Crippen LogP contribution in [0.2, 0.25) is 0 Å². The Hall–Kier alpha value is -1.57. The van der Waals surface area contributed by atoms with E-state index in [4.69, 9.17) is 10.00 Å². The Bertz CT molecular complexity index is 461. The first kappa shape index (κ1) is 14.8. The lowest BCUT2D eigenvalue weighted by Gasteiger charge is -2.35. The van der Waals surface area contributed by atoms with Gasteiger partial charge in [-0.15, -0.1) is 0 Å². The van der Waals surface area contributed by atoms with Crippen molar-refractivity contribution in [3.63, 3.8) is 0 Å². The zero-order valence-corrected chi connectivity index (χ0v) is 12.4. The second kappa shape index (κ2) is 7.28. The van der Waals surface area contributed by atoms with Gasteiger partial charge in [-0.2, -0.15) is 5.26 Å². The van der Waals surface area contributed by atoms with E-state index in [1.807, 2.05) is 19.1 Å². The minimum atomic E-state index is 0.0337. The van der Waals surface area contributed by atoms with Crippen LogP contribution in [0.15, 0.2) is 24.3 Å². The summed E-state index contributed by atoms with van der Waals surface area (Å²) in [6.07, 6.45) is 1.01. The maximum Gasteiger partial charge on any atom is 0.122 e. The molecule has 0 aromatic heterocycles. The van der Waals surface area contributed by atoms with Gasteiger partial charge in [0, 0.05) is 32.7 Å². The third kappa shape index (κ3) is 3.72. The van der Waals surface area contributed by atoms with Crippen molar-refractivity contribution in [2.24, 2.45) is 0 Å². The van der Waals surface area contributed by atoms with Crippen molar-refractivity contribution in [1.82, 2.24) is 9.80 Å². The van der Waals surface area contributed by atoms with Gasteiger partial charge in [0.15, 0.2) is 0 Å². The number of nitriles is 1. The molecule has 0 saturated carbocycles. The van der Waals surface area contributed by atoms with Crippen LogP contribution < -0.4 is 4.74 Å². The first-order chi connectivity index (χ1) is 9.74. The number of benzene rings is 1. The summed E-state index contributed by atoms with van der Waals surface area (Å²) < 4.78 is 5.39. The van der Waals surface area contributed by atoms with E-state index >= 15 is 0 Å². The van der Waals surface area contributed by atoms with E-state index in [1.54, 1.807) is 7.11 Å². The fourth-order valence-electron chi connectivity index (χ4n) is 2.64. The van der Waals surface area contributed by atoms with E-state index < -0.39 is 0 Å². The number of nitrogens with zero attached hydrogens (tertiary/aromatic N) is 3. The van der Waals surface area contributed by atoms with Crippen LogP contribution in [0.4, 0.5) is 0 Å². The summed E-state index contributed by atoms with van der Waals surface area (Å²) in [6.45, 7) is 7.09.